The molecule has 1 aromatic carbocycles. The lowest BCUT2D eigenvalue weighted by Crippen LogP contribution is -2.28. The summed E-state index contributed by atoms with van der Waals surface area (Å²) in [6.07, 6.45) is 1.54. The monoisotopic (exact) mass is 304 g/mol. The number of halogens is 1. The van der Waals surface area contributed by atoms with Gasteiger partial charge in [-0.15, -0.1) is 0 Å². The van der Waals surface area contributed by atoms with E-state index in [1.807, 2.05) is 20.8 Å². The molecule has 110 valence electrons. The van der Waals surface area contributed by atoms with Crippen LogP contribution >= 0.6 is 11.6 Å². The van der Waals surface area contributed by atoms with Gasteiger partial charge in [0, 0.05) is 11.7 Å². The van der Waals surface area contributed by atoms with E-state index in [1.165, 1.54) is 0 Å². The number of amides is 1. The molecule has 2 N–H and O–H groups in total. The van der Waals surface area contributed by atoms with Crippen LogP contribution in [0.4, 0.5) is 11.6 Å². The van der Waals surface area contributed by atoms with Crippen molar-refractivity contribution in [3.05, 3.63) is 47.2 Å². The number of hydrogen-bond acceptors (Lipinski definition) is 4. The first-order valence-electron chi connectivity index (χ1n) is 6.52. The second-order valence-electron chi connectivity index (χ2n) is 5.57. The fourth-order valence-electron chi connectivity index (χ4n) is 1.63. The van der Waals surface area contributed by atoms with Gasteiger partial charge in [0.25, 0.3) is 5.91 Å². The van der Waals surface area contributed by atoms with Crippen molar-refractivity contribution in [1.82, 2.24) is 9.97 Å². The number of hydrogen-bond donors (Lipinski definition) is 2. The summed E-state index contributed by atoms with van der Waals surface area (Å²) in [5.41, 5.74) is 0.641. The lowest BCUT2D eigenvalue weighted by atomic mass is 10.1. The van der Waals surface area contributed by atoms with Crippen LogP contribution < -0.4 is 10.6 Å². The zero-order valence-electron chi connectivity index (χ0n) is 12.1. The Morgan fingerprint density at radius 3 is 2.57 bits per heavy atom. The van der Waals surface area contributed by atoms with E-state index in [2.05, 4.69) is 20.6 Å². The van der Waals surface area contributed by atoms with Crippen LogP contribution in [0.15, 0.2) is 36.5 Å². The Balaban J connectivity index is 2.16. The lowest BCUT2D eigenvalue weighted by molar-refractivity contribution is 0.102. The highest BCUT2D eigenvalue weighted by Crippen LogP contribution is 2.21. The van der Waals surface area contributed by atoms with Gasteiger partial charge in [0.15, 0.2) is 0 Å². The zero-order valence-corrected chi connectivity index (χ0v) is 12.9. The van der Waals surface area contributed by atoms with Gasteiger partial charge in [-0.05, 0) is 39.0 Å². The van der Waals surface area contributed by atoms with Crippen LogP contribution in [0, 0.1) is 0 Å². The largest absolute Gasteiger partial charge is 0.350 e. The smallest absolute Gasteiger partial charge is 0.274 e. The Morgan fingerprint density at radius 2 is 1.90 bits per heavy atom. The summed E-state index contributed by atoms with van der Waals surface area (Å²) in [6, 6.07) is 8.60. The summed E-state index contributed by atoms with van der Waals surface area (Å²) in [5.74, 6) is 0.0803. The molecule has 0 spiro atoms. The SMILES string of the molecule is CC(C)(C)Nc1nccc(C(=O)Nc2ccccc2Cl)n1. The molecule has 2 rings (SSSR count). The van der Waals surface area contributed by atoms with Gasteiger partial charge in [-0.2, -0.15) is 0 Å². The third kappa shape index (κ3) is 4.43. The van der Waals surface area contributed by atoms with Crippen LogP contribution in [0.5, 0.6) is 0 Å². The summed E-state index contributed by atoms with van der Waals surface area (Å²) in [4.78, 5) is 20.5. The maximum atomic E-state index is 12.2. The number of anilines is 2. The molecule has 1 amide bonds. The van der Waals surface area contributed by atoms with Crippen molar-refractivity contribution < 1.29 is 4.79 Å². The van der Waals surface area contributed by atoms with Crippen LogP contribution in [0.25, 0.3) is 0 Å². The summed E-state index contributed by atoms with van der Waals surface area (Å²) < 4.78 is 0. The van der Waals surface area contributed by atoms with Gasteiger partial charge in [0.1, 0.15) is 5.69 Å². The van der Waals surface area contributed by atoms with Crippen molar-refractivity contribution >= 4 is 29.1 Å². The van der Waals surface area contributed by atoms with Crippen molar-refractivity contribution in [2.45, 2.75) is 26.3 Å². The average molecular weight is 305 g/mol. The third-order valence-corrected chi connectivity index (χ3v) is 2.83. The molecule has 6 heteroatoms. The van der Waals surface area contributed by atoms with E-state index in [-0.39, 0.29) is 17.1 Å². The molecule has 0 saturated carbocycles. The number of benzene rings is 1. The Morgan fingerprint density at radius 1 is 1.19 bits per heavy atom. The van der Waals surface area contributed by atoms with E-state index >= 15 is 0 Å². The predicted molar refractivity (Wildman–Crippen MR) is 84.8 cm³/mol. The molecule has 0 unspecified atom stereocenters. The summed E-state index contributed by atoms with van der Waals surface area (Å²) in [5, 5.41) is 6.33. The topological polar surface area (TPSA) is 66.9 Å². The highest BCUT2D eigenvalue weighted by Gasteiger charge is 2.14. The molecule has 1 heterocycles. The van der Waals surface area contributed by atoms with E-state index in [0.717, 1.165) is 0 Å². The molecule has 21 heavy (non-hydrogen) atoms. The highest BCUT2D eigenvalue weighted by atomic mass is 35.5. The number of para-hydroxylation sites is 1. The minimum Gasteiger partial charge on any atom is -0.350 e. The zero-order chi connectivity index (χ0) is 15.5. The molecular weight excluding hydrogens is 288 g/mol. The Labute approximate surface area is 128 Å². The van der Waals surface area contributed by atoms with E-state index < -0.39 is 0 Å². The van der Waals surface area contributed by atoms with E-state index in [9.17, 15) is 4.79 Å². The van der Waals surface area contributed by atoms with Crippen LogP contribution in [0.1, 0.15) is 31.3 Å². The normalized spacial score (nSPS) is 11.0. The molecule has 0 aliphatic heterocycles. The molecule has 0 saturated heterocycles. The number of nitrogens with one attached hydrogen (secondary N) is 2. The minimum atomic E-state index is -0.331. The number of aromatic nitrogens is 2. The molecule has 0 aliphatic carbocycles. The van der Waals surface area contributed by atoms with Crippen molar-refractivity contribution in [2.24, 2.45) is 0 Å². The number of carbonyl (C=O) groups is 1. The predicted octanol–water partition coefficient (Wildman–Crippen LogP) is 3.59. The second-order valence-corrected chi connectivity index (χ2v) is 5.98. The number of rotatable bonds is 3. The molecule has 0 bridgehead atoms. The quantitative estimate of drug-likeness (QED) is 0.909. The van der Waals surface area contributed by atoms with Gasteiger partial charge in [0.2, 0.25) is 5.95 Å². The van der Waals surface area contributed by atoms with Gasteiger partial charge < -0.3 is 10.6 Å². The van der Waals surface area contributed by atoms with Gasteiger partial charge in [-0.25, -0.2) is 9.97 Å². The van der Waals surface area contributed by atoms with Crippen LogP contribution in [-0.4, -0.2) is 21.4 Å². The Hall–Kier alpha value is -2.14. The average Bonchev–Trinajstić information content (AvgIpc) is 2.39. The molecule has 5 nitrogen and oxygen atoms in total. The van der Waals surface area contributed by atoms with Gasteiger partial charge in [0.05, 0.1) is 10.7 Å². The number of carbonyl (C=O) groups excluding carboxylic acids is 1. The van der Waals surface area contributed by atoms with E-state index in [1.54, 1.807) is 36.5 Å². The molecular formula is C15H17ClN4O. The Kier molecular flexibility index (Phi) is 4.43. The fourth-order valence-corrected chi connectivity index (χ4v) is 1.81. The first-order valence-corrected chi connectivity index (χ1v) is 6.90. The van der Waals surface area contributed by atoms with E-state index in [0.29, 0.717) is 16.7 Å². The maximum Gasteiger partial charge on any atom is 0.274 e. The van der Waals surface area contributed by atoms with Crippen molar-refractivity contribution in [1.29, 1.82) is 0 Å². The first kappa shape index (κ1) is 15.3. The molecule has 0 atom stereocenters. The van der Waals surface area contributed by atoms with Gasteiger partial charge in [-0.1, -0.05) is 23.7 Å². The lowest BCUT2D eigenvalue weighted by Gasteiger charge is -2.20. The third-order valence-electron chi connectivity index (χ3n) is 2.50. The standard InChI is InChI=1S/C15H17ClN4O/c1-15(2,3)20-14-17-9-8-12(19-14)13(21)18-11-7-5-4-6-10(11)16/h4-9H,1-3H3,(H,18,21)(H,17,19,20). The minimum absolute atomic E-state index is 0.183. The molecule has 0 aliphatic rings. The van der Waals surface area contributed by atoms with Crippen LogP contribution in [0.2, 0.25) is 5.02 Å². The summed E-state index contributed by atoms with van der Waals surface area (Å²) in [6.45, 7) is 5.98. The number of nitrogens with zero attached hydrogens (tertiary/aromatic N) is 2. The van der Waals surface area contributed by atoms with Crippen molar-refractivity contribution in [3.8, 4) is 0 Å². The first-order chi connectivity index (χ1) is 9.85. The molecule has 2 aromatic rings. The molecule has 1 aromatic heterocycles. The summed E-state index contributed by atoms with van der Waals surface area (Å²) in [7, 11) is 0. The highest BCUT2D eigenvalue weighted by molar-refractivity contribution is 6.33. The molecule has 0 radical (unpaired) electrons. The van der Waals surface area contributed by atoms with E-state index in [4.69, 9.17) is 11.6 Å². The summed E-state index contributed by atoms with van der Waals surface area (Å²) >= 11 is 6.01. The van der Waals surface area contributed by atoms with Crippen LogP contribution in [-0.2, 0) is 0 Å². The van der Waals surface area contributed by atoms with Gasteiger partial charge >= 0.3 is 0 Å². The van der Waals surface area contributed by atoms with Gasteiger partial charge in [-0.3, -0.25) is 4.79 Å². The fraction of sp³-hybridized carbons (Fsp3) is 0.267. The second kappa shape index (κ2) is 6.10. The van der Waals surface area contributed by atoms with Crippen molar-refractivity contribution in [2.75, 3.05) is 10.6 Å². The maximum absolute atomic E-state index is 12.2. The molecule has 0 fully saturated rings. The Bertz CT molecular complexity index is 652. The van der Waals surface area contributed by atoms with Crippen molar-refractivity contribution in [3.63, 3.8) is 0 Å². The van der Waals surface area contributed by atoms with Crippen LogP contribution in [0.3, 0.4) is 0 Å².